The third-order valence-electron chi connectivity index (χ3n) is 28.0. The molecule has 6 aliphatic rings. The lowest BCUT2D eigenvalue weighted by Crippen LogP contribution is -2.32. The Labute approximate surface area is 860 Å². The number of carbonyl (C=O) groups excluding carboxylic acids is 2. The van der Waals surface area contributed by atoms with E-state index in [0.717, 1.165) is 282 Å². The summed E-state index contributed by atoms with van der Waals surface area (Å²) in [6, 6.07) is 47.1. The number of methoxy groups -OCH3 is 6. The molecule has 2 amide bonds. The Morgan fingerprint density at radius 3 is 1.33 bits per heavy atom. The first-order valence-electron chi connectivity index (χ1n) is 51.5. The Hall–Kier alpha value is -15.3. The fourth-order valence-corrected chi connectivity index (χ4v) is 19.7. The van der Waals surface area contributed by atoms with Crippen LogP contribution in [-0.4, -0.2) is 263 Å². The number of aromatic nitrogens is 16. The number of β-amino-alcohol motifs (C(OH)–C–C–N with tert-alkyl or cyclic N) is 1. The molecule has 8 aromatic heterocycles. The summed E-state index contributed by atoms with van der Waals surface area (Å²) in [5, 5.41) is 29.8. The molecule has 16 aromatic rings. The molecule has 0 bridgehead atoms. The molecule has 148 heavy (non-hydrogen) atoms. The number of fused-ring (bicyclic) bond motifs is 4. The molecule has 1 saturated carbocycles. The summed E-state index contributed by atoms with van der Waals surface area (Å²) in [6.07, 6.45) is 38.9. The molecule has 13 heterocycles. The van der Waals surface area contributed by atoms with Gasteiger partial charge in [-0.05, 0) is 232 Å². The van der Waals surface area contributed by atoms with Crippen molar-refractivity contribution in [2.45, 2.75) is 129 Å². The topological polar surface area (TPSA) is 330 Å². The van der Waals surface area contributed by atoms with E-state index in [1.807, 2.05) is 133 Å². The number of nitrogens with zero attached hydrogens (tertiary/aromatic N) is 23. The Bertz CT molecular complexity index is 7180. The van der Waals surface area contributed by atoms with Crippen molar-refractivity contribution in [1.29, 1.82) is 0 Å². The zero-order chi connectivity index (χ0) is 102. The van der Waals surface area contributed by atoms with Gasteiger partial charge in [-0.25, -0.2) is 29.0 Å². The number of likely N-dealkylation sites (tertiary alicyclic amines) is 4. The number of nitrogens with one attached hydrogen (secondary N) is 1. The first kappa shape index (κ1) is 101. The molecule has 6 fully saturated rings. The van der Waals surface area contributed by atoms with E-state index in [0.29, 0.717) is 48.2 Å². The number of H-pyrrole nitrogens is 1. The molecule has 22 rings (SSSR count). The molecule has 5 saturated heterocycles. The second kappa shape index (κ2) is 47.9. The van der Waals surface area contributed by atoms with Crippen LogP contribution in [0.3, 0.4) is 0 Å². The van der Waals surface area contributed by atoms with E-state index in [2.05, 4.69) is 130 Å². The van der Waals surface area contributed by atoms with Crippen molar-refractivity contribution >= 4 is 101 Å². The largest absolute Gasteiger partial charge is 0.497 e. The van der Waals surface area contributed by atoms with Gasteiger partial charge >= 0.3 is 0 Å². The number of hydrogen-bond donors (Lipinski definition) is 2. The average molecular weight is 2000 g/mol. The van der Waals surface area contributed by atoms with Crippen LogP contribution in [0.4, 0.5) is 49.9 Å². The fraction of sp³-hybridized carbons (Fsp3) is 0.381. The minimum atomic E-state index is -0.439. The van der Waals surface area contributed by atoms with Crippen molar-refractivity contribution < 1.29 is 52.2 Å². The molecule has 768 valence electrons. The van der Waals surface area contributed by atoms with E-state index in [-0.39, 0.29) is 30.4 Å². The van der Waals surface area contributed by atoms with Crippen LogP contribution >= 0.6 is 0 Å². The van der Waals surface area contributed by atoms with E-state index in [9.17, 15) is 19.1 Å². The van der Waals surface area contributed by atoms with E-state index < -0.39 is 6.10 Å². The molecule has 5 aliphatic heterocycles. The summed E-state index contributed by atoms with van der Waals surface area (Å²) in [5.74, 6) is 4.52. The normalized spacial score (nSPS) is 15.7. The van der Waals surface area contributed by atoms with Crippen molar-refractivity contribution in [3.8, 4) is 79.5 Å². The van der Waals surface area contributed by atoms with Crippen LogP contribution in [0.15, 0.2) is 220 Å². The number of anilines is 8. The Morgan fingerprint density at radius 2 is 0.872 bits per heavy atom. The molecule has 0 spiro atoms. The van der Waals surface area contributed by atoms with Crippen molar-refractivity contribution in [1.82, 2.24) is 99.0 Å². The summed E-state index contributed by atoms with van der Waals surface area (Å²) in [7, 11) is 11.8. The number of carbonyl (C=O) groups is 2. The Balaban J connectivity index is 0.000000124. The van der Waals surface area contributed by atoms with Gasteiger partial charge in [0, 0.05) is 219 Å². The standard InChI is InChI=1S/C30H35FN6O2.C29H32N6O4.C28H32N6O2.C26H30N6O2/c1-38-26-16-23(31)15-25(17-26)36(13-6-12-35-10-3-4-11-35)24-8-9-27-28(18-24)34-29(20-32-27)22-19-33-37(21-22)30-7-2-5-14-39-30;1-38-24-9-22(10-25(12-24)39-2)35(15-19-3-4-19)21-5-6-26-27(11-21)32-28(14-30-26)20-13-31-34(16-20)18-29(37)33-8-7-23(36)17-33;1-4-5-12-34(23-13-20(14-24(15-23)36-3)28(35)33-10-6-7-11-33)22-8-9-25-26(16-22)31-27(18-29-25)21-17-30-32(2)19-21;1-33-22-12-21(13-23(15-22)34-2)32(11-5-10-31-8-3-4-9-31)20-6-7-24-25(14-20)30-26(18-27-24)19-16-28-29-17-19/h8-9,15-21,30H,2-7,10-14H2,1H3;5-6,9-14,16,19,23,36H,3-4,7-8,15,17-18H2,1-2H3;8-9,13-19H,4-7,10-12H2,1-3H3;6-7,12-18H,3-5,8-11H2,1-2H3,(H,28,29). The predicted octanol–water partition coefficient (Wildman–Crippen LogP) is 19.5. The van der Waals surface area contributed by atoms with E-state index in [1.165, 1.54) is 57.7 Å². The number of ether oxygens (including phenoxy) is 7. The monoisotopic (exact) mass is 2000 g/mol. The molecule has 8 aromatic carbocycles. The highest BCUT2D eigenvalue weighted by Crippen LogP contribution is 2.43. The van der Waals surface area contributed by atoms with Crippen LogP contribution in [0.5, 0.6) is 34.5 Å². The van der Waals surface area contributed by atoms with Gasteiger partial charge in [0.2, 0.25) is 5.91 Å². The maximum absolute atomic E-state index is 14.5. The van der Waals surface area contributed by atoms with Gasteiger partial charge in [0.25, 0.3) is 5.91 Å². The quantitative estimate of drug-likeness (QED) is 0.0373. The third kappa shape index (κ3) is 25.1. The van der Waals surface area contributed by atoms with Crippen LogP contribution < -0.4 is 48.0 Å². The van der Waals surface area contributed by atoms with E-state index in [4.69, 9.17) is 53.1 Å². The molecule has 2 atom stereocenters. The van der Waals surface area contributed by atoms with Crippen molar-refractivity contribution in [2.75, 3.05) is 160 Å². The highest BCUT2D eigenvalue weighted by atomic mass is 19.1. The van der Waals surface area contributed by atoms with Gasteiger partial charge in [-0.2, -0.15) is 20.4 Å². The zero-order valence-corrected chi connectivity index (χ0v) is 85.4. The van der Waals surface area contributed by atoms with Gasteiger partial charge in [-0.15, -0.1) is 0 Å². The minimum Gasteiger partial charge on any atom is -0.497 e. The first-order valence-corrected chi connectivity index (χ1v) is 51.5. The van der Waals surface area contributed by atoms with Crippen LogP contribution in [0.25, 0.3) is 89.2 Å². The second-order valence-electron chi connectivity index (χ2n) is 38.4. The van der Waals surface area contributed by atoms with Gasteiger partial charge < -0.3 is 77.5 Å². The summed E-state index contributed by atoms with van der Waals surface area (Å²) >= 11 is 0. The number of aryl methyl sites for hydroxylation is 1. The molecule has 0 radical (unpaired) electrons. The molecular weight excluding hydrogens is 1870 g/mol. The number of halogens is 1. The SMILES string of the molecule is CCCCN(c1cc(OC)cc(C(=O)N2CCCC2)c1)c1ccc2ncc(-c3cnn(C)c3)nc2c1.COc1cc(F)cc(N(CCCN2CCCC2)c2ccc3ncc(-c4cnn(C5CCCCO5)c4)nc3c2)c1.COc1cc(OC)cc(N(CC2CC2)c2ccc3ncc(-c4cnn(CC(=O)N5CCC(O)C5)c4)nc3c2)c1.COc1cc(OC)cc(N(CCCN2CCCC2)c2ccc3ncc(-c4cn[nH]c4)nc3c2)c1. The number of benzene rings is 8. The van der Waals surface area contributed by atoms with E-state index in [1.54, 1.807) is 106 Å². The van der Waals surface area contributed by atoms with Gasteiger partial charge in [-0.1, -0.05) is 13.3 Å². The summed E-state index contributed by atoms with van der Waals surface area (Å²) in [5.41, 5.74) is 21.4. The number of aromatic amines is 1. The lowest BCUT2D eigenvalue weighted by Gasteiger charge is -2.27. The second-order valence-corrected chi connectivity index (χ2v) is 38.4. The van der Waals surface area contributed by atoms with E-state index >= 15 is 0 Å². The van der Waals surface area contributed by atoms with Gasteiger partial charge in [-0.3, -0.25) is 44.0 Å². The molecule has 1 aliphatic carbocycles. The van der Waals surface area contributed by atoms with Crippen LogP contribution in [0.1, 0.15) is 126 Å². The molecule has 2 N–H and O–H groups in total. The third-order valence-corrected chi connectivity index (χ3v) is 28.0. The van der Waals surface area contributed by atoms with Gasteiger partial charge in [0.1, 0.15) is 53.1 Å². The average Bonchev–Trinajstić information content (AvgIpc) is 1.48. The maximum atomic E-state index is 14.5. The number of aliphatic hydroxyl groups is 1. The number of aliphatic hydroxyl groups excluding tert-OH is 1. The molecule has 34 nitrogen and oxygen atoms in total. The molecular formula is C113H129FN24O10. The number of hydrogen-bond acceptors (Lipinski definition) is 28. The smallest absolute Gasteiger partial charge is 0.254 e. The molecule has 2 unspecified atom stereocenters. The van der Waals surface area contributed by atoms with Crippen molar-refractivity contribution in [3.05, 3.63) is 231 Å². The predicted molar refractivity (Wildman–Crippen MR) is 573 cm³/mol. The fourth-order valence-electron chi connectivity index (χ4n) is 19.7. The Kier molecular flexibility index (Phi) is 32.8. The lowest BCUT2D eigenvalue weighted by molar-refractivity contribution is -0.131. The number of amides is 2. The van der Waals surface area contributed by atoms with Gasteiger partial charge in [0.15, 0.2) is 0 Å². The number of unbranched alkanes of at least 4 members (excludes halogenated alkanes) is 1. The van der Waals surface area contributed by atoms with Crippen LogP contribution in [0.2, 0.25) is 0 Å². The van der Waals surface area contributed by atoms with Crippen molar-refractivity contribution in [3.63, 3.8) is 0 Å². The summed E-state index contributed by atoms with van der Waals surface area (Å²) < 4.78 is 58.8. The molecule has 35 heteroatoms. The zero-order valence-electron chi connectivity index (χ0n) is 85.4. The van der Waals surface area contributed by atoms with Crippen LogP contribution in [-0.2, 0) is 23.1 Å². The highest BCUT2D eigenvalue weighted by molar-refractivity contribution is 5.97. The Morgan fingerprint density at radius 1 is 0.426 bits per heavy atom. The first-order chi connectivity index (χ1) is 72.4. The van der Waals surface area contributed by atoms with Crippen molar-refractivity contribution in [2.24, 2.45) is 13.0 Å². The highest BCUT2D eigenvalue weighted by Gasteiger charge is 2.31. The summed E-state index contributed by atoms with van der Waals surface area (Å²) in [6.45, 7) is 15.8. The van der Waals surface area contributed by atoms with Crippen LogP contribution in [0, 0.1) is 11.7 Å². The minimum absolute atomic E-state index is 0.0232. The van der Waals surface area contributed by atoms with Gasteiger partial charge in [0.05, 0.1) is 165 Å². The maximum Gasteiger partial charge on any atom is 0.254 e. The number of rotatable bonds is 35. The lowest BCUT2D eigenvalue weighted by atomic mass is 10.1. The summed E-state index contributed by atoms with van der Waals surface area (Å²) in [4.78, 5) is 81.6.